The van der Waals surface area contributed by atoms with Crippen LogP contribution in [0.2, 0.25) is 0 Å². The molecule has 5 aromatic heterocycles. The van der Waals surface area contributed by atoms with Crippen LogP contribution < -0.4 is 14.7 Å². The second-order valence-corrected chi connectivity index (χ2v) is 43.3. The Balaban J connectivity index is 0.000000110. The Morgan fingerprint density at radius 2 is 0.416 bits per heavy atom. The highest BCUT2D eigenvalue weighted by atomic mass is 32.1. The predicted octanol–water partition coefficient (Wildman–Crippen LogP) is 42.5. The van der Waals surface area contributed by atoms with Gasteiger partial charge in [-0.15, -0.1) is 45.3 Å². The van der Waals surface area contributed by atoms with Crippen LogP contribution in [0, 0.1) is 0 Å². The van der Waals surface area contributed by atoms with Gasteiger partial charge in [-0.1, -0.05) is 366 Å². The van der Waals surface area contributed by atoms with Crippen molar-refractivity contribution in [3.63, 3.8) is 0 Å². The van der Waals surface area contributed by atoms with Gasteiger partial charge in [0.15, 0.2) is 0 Å². The van der Waals surface area contributed by atoms with Crippen molar-refractivity contribution in [2.24, 2.45) is 0 Å². The van der Waals surface area contributed by atoms with Crippen molar-refractivity contribution in [1.82, 2.24) is 0 Å². The molecule has 23 aromatic carbocycles. The van der Waals surface area contributed by atoms with Crippen molar-refractivity contribution in [3.05, 3.63) is 551 Å². The SMILES string of the molecule is CC1(C)c2ccccc2-c2cc(-c3ccc(N(c4ccc(-c5ccccc5)cc4)c4ccc5c(c4)sc4ccccc45)cc3)ccc21.c1ccc(-c2cc(-c3ccccc3)cc(N(c3ccc(-c4ccc5oc6ccccc6c5c4)cc3)c3ccc4c(c3)sc3ccccc34)c2)cc1.c1ccc(-c2cc(-c3ccccc3)cc(N(c3ccc(-c4ccc5sc6ccccc6c5c4)cc3)c3ccc4sc5ccccc5c4c3)c2)cc1. The van der Waals surface area contributed by atoms with Gasteiger partial charge < -0.3 is 19.1 Å². The van der Waals surface area contributed by atoms with Crippen molar-refractivity contribution in [3.8, 4) is 100 Å². The fraction of sp³-hybridized carbons (Fsp3) is 0.0213. The number of fused-ring (bicyclic) bond motifs is 18. The van der Waals surface area contributed by atoms with Crippen LogP contribution in [-0.2, 0) is 5.41 Å². The molecule has 0 atom stereocenters. The van der Waals surface area contributed by atoms with Crippen LogP contribution in [0.25, 0.3) is 203 Å². The molecule has 0 aliphatic heterocycles. The summed E-state index contributed by atoms with van der Waals surface area (Å²) >= 11 is 7.43. The van der Waals surface area contributed by atoms with Crippen molar-refractivity contribution in [2.45, 2.75) is 19.3 Å². The quantitative estimate of drug-likeness (QED) is 0.0906. The van der Waals surface area contributed by atoms with E-state index in [0.29, 0.717) is 0 Å². The normalized spacial score (nSPS) is 12.0. The monoisotopic (exact) mass is 1970 g/mol. The third-order valence-electron chi connectivity index (χ3n) is 29.6. The molecule has 704 valence electrons. The van der Waals surface area contributed by atoms with E-state index in [-0.39, 0.29) is 5.41 Å². The van der Waals surface area contributed by atoms with E-state index in [1.54, 1.807) is 0 Å². The van der Waals surface area contributed by atoms with Crippen molar-refractivity contribution >= 4 is 199 Å². The molecule has 0 spiro atoms. The summed E-state index contributed by atoms with van der Waals surface area (Å²) in [6.07, 6.45) is 0. The van der Waals surface area contributed by atoms with Crippen molar-refractivity contribution in [2.75, 3.05) is 14.7 Å². The number of hydrogen-bond donors (Lipinski definition) is 0. The van der Waals surface area contributed by atoms with Crippen LogP contribution in [-0.4, -0.2) is 0 Å². The van der Waals surface area contributed by atoms with Gasteiger partial charge in [0.05, 0.1) is 0 Å². The summed E-state index contributed by atoms with van der Waals surface area (Å²) in [5.41, 5.74) is 36.6. The second-order valence-electron chi connectivity index (χ2n) is 38.9. The number of hydrogen-bond acceptors (Lipinski definition) is 8. The maximum Gasteiger partial charge on any atom is 0.135 e. The zero-order valence-corrected chi connectivity index (χ0v) is 85.0. The van der Waals surface area contributed by atoms with Crippen LogP contribution >= 0.6 is 45.3 Å². The number of nitrogens with zero attached hydrogens (tertiary/aromatic N) is 3. The van der Waals surface area contributed by atoms with Gasteiger partial charge in [-0.05, 0) is 299 Å². The minimum atomic E-state index is 0.0143. The van der Waals surface area contributed by atoms with Gasteiger partial charge in [0.1, 0.15) is 11.2 Å². The molecule has 0 unspecified atom stereocenters. The first-order chi connectivity index (χ1) is 73.5. The van der Waals surface area contributed by atoms with Crippen LogP contribution in [0.1, 0.15) is 25.0 Å². The summed E-state index contributed by atoms with van der Waals surface area (Å²) in [4.78, 5) is 7.20. The number of thiophene rings is 4. The van der Waals surface area contributed by atoms with Gasteiger partial charge in [-0.2, -0.15) is 0 Å². The van der Waals surface area contributed by atoms with Gasteiger partial charge in [0.2, 0.25) is 0 Å². The Kier molecular flexibility index (Phi) is 23.1. The number of para-hydroxylation sites is 1. The van der Waals surface area contributed by atoms with E-state index in [1.165, 1.54) is 181 Å². The third-order valence-corrected chi connectivity index (χ3v) is 34.2. The standard InChI is InChI=1S/C48H31NOS.C48H31NS2.C45H33NS/c1-3-11-32(12-4-1)36-27-37(33-13-5-2-6-14-33)29-40(28-36)49(39-24-25-43-42-16-8-10-18-47(42)51-48(43)31-39)38-22-19-34(20-23-38)35-21-26-46-44(30-35)41-15-7-9-17-45(41)50-46;1-3-11-32(12-4-1)36-27-37(33-13-5-2-6-14-33)29-40(28-36)49(39-24-26-48-44(31-39)42-16-8-10-18-46(42)51-48)38-22-19-34(20-23-38)35-21-25-47-43(30-35)41-15-7-9-17-45(41)50-47;1-45(2)41-14-8-6-12-37(41)40-28-33(20-27-42(40)45)32-18-23-35(24-19-32)46(34-21-16-31(17-22-34)30-10-4-3-5-11-30)36-25-26-39-38-13-7-9-15-43(38)47-44(39)29-36/h2*1-31H;3-29H,1-2H3. The van der Waals surface area contributed by atoms with Crippen LogP contribution in [0.5, 0.6) is 0 Å². The molecular weight excluding hydrogens is 1880 g/mol. The van der Waals surface area contributed by atoms with Gasteiger partial charge in [0.25, 0.3) is 0 Å². The van der Waals surface area contributed by atoms with E-state index >= 15 is 0 Å². The molecular formula is C141H95N3OS4. The molecule has 1 aliphatic rings. The third kappa shape index (κ3) is 17.0. The van der Waals surface area contributed by atoms with E-state index in [2.05, 4.69) is 556 Å². The Morgan fingerprint density at radius 1 is 0.148 bits per heavy atom. The van der Waals surface area contributed by atoms with Gasteiger partial charge >= 0.3 is 0 Å². The molecule has 8 heteroatoms. The van der Waals surface area contributed by atoms with E-state index in [1.807, 2.05) is 57.5 Å². The average Bonchev–Trinajstić information content (AvgIpc) is 1.54. The topological polar surface area (TPSA) is 22.9 Å². The lowest BCUT2D eigenvalue weighted by molar-refractivity contribution is 0.660. The highest BCUT2D eigenvalue weighted by molar-refractivity contribution is 7.27. The largest absolute Gasteiger partial charge is 0.456 e. The first-order valence-corrected chi connectivity index (χ1v) is 54.0. The summed E-state index contributed by atoms with van der Waals surface area (Å²) in [6, 6.07) is 196. The lowest BCUT2D eigenvalue weighted by atomic mass is 9.82. The van der Waals surface area contributed by atoms with Crippen LogP contribution in [0.15, 0.2) is 544 Å². The predicted molar refractivity (Wildman–Crippen MR) is 643 cm³/mol. The molecule has 0 amide bonds. The first-order valence-electron chi connectivity index (χ1n) is 50.7. The van der Waals surface area contributed by atoms with Gasteiger partial charge in [0, 0.05) is 148 Å². The zero-order chi connectivity index (χ0) is 99.0. The van der Waals surface area contributed by atoms with E-state index in [9.17, 15) is 0 Å². The molecule has 0 bridgehead atoms. The Morgan fingerprint density at radius 3 is 0.859 bits per heavy atom. The summed E-state index contributed by atoms with van der Waals surface area (Å²) < 4.78 is 16.6. The molecule has 5 heterocycles. The summed E-state index contributed by atoms with van der Waals surface area (Å²) in [5, 5.41) is 12.7. The maximum atomic E-state index is 6.12. The highest BCUT2D eigenvalue weighted by Gasteiger charge is 2.36. The van der Waals surface area contributed by atoms with E-state index < -0.39 is 0 Å². The van der Waals surface area contributed by atoms with Gasteiger partial charge in [-0.25, -0.2) is 0 Å². The second kappa shape index (κ2) is 38.3. The fourth-order valence-electron chi connectivity index (χ4n) is 22.1. The van der Waals surface area contributed by atoms with Crippen LogP contribution in [0.3, 0.4) is 0 Å². The lowest BCUT2D eigenvalue weighted by Crippen LogP contribution is -2.14. The number of benzene rings is 23. The number of furan rings is 1. The van der Waals surface area contributed by atoms with E-state index in [0.717, 1.165) is 84.3 Å². The molecule has 4 nitrogen and oxygen atoms in total. The molecule has 0 saturated heterocycles. The minimum Gasteiger partial charge on any atom is -0.456 e. The minimum absolute atomic E-state index is 0.0143. The average molecular weight is 1980 g/mol. The molecule has 28 aromatic rings. The smallest absolute Gasteiger partial charge is 0.135 e. The molecule has 1 aliphatic carbocycles. The molecule has 0 radical (unpaired) electrons. The first kappa shape index (κ1) is 89.9. The highest BCUT2D eigenvalue weighted by Crippen LogP contribution is 2.53. The molecule has 0 saturated carbocycles. The van der Waals surface area contributed by atoms with E-state index in [4.69, 9.17) is 4.42 Å². The summed E-state index contributed by atoms with van der Waals surface area (Å²) in [5.74, 6) is 0. The lowest BCUT2D eigenvalue weighted by Gasteiger charge is -2.27. The molecule has 29 rings (SSSR count). The Labute approximate surface area is 881 Å². The Bertz CT molecular complexity index is 9800. The molecule has 0 fully saturated rings. The summed E-state index contributed by atoms with van der Waals surface area (Å²) in [6.45, 7) is 4.67. The van der Waals surface area contributed by atoms with Crippen molar-refractivity contribution < 1.29 is 4.42 Å². The molecule has 0 N–H and O–H groups in total. The van der Waals surface area contributed by atoms with Gasteiger partial charge in [-0.3, -0.25) is 0 Å². The maximum absolute atomic E-state index is 6.12. The zero-order valence-electron chi connectivity index (χ0n) is 81.8. The molecule has 149 heavy (non-hydrogen) atoms. The van der Waals surface area contributed by atoms with Crippen LogP contribution in [0.4, 0.5) is 51.2 Å². The van der Waals surface area contributed by atoms with Crippen molar-refractivity contribution in [1.29, 1.82) is 0 Å². The summed E-state index contributed by atoms with van der Waals surface area (Å²) in [7, 11) is 0. The Hall–Kier alpha value is -17.9. The fourth-order valence-corrected chi connectivity index (χ4v) is 26.6. The number of rotatable bonds is 17. The number of anilines is 9.